The second-order valence-corrected chi connectivity index (χ2v) is 8.96. The maximum Gasteiger partial charge on any atom is 0.416 e. The van der Waals surface area contributed by atoms with E-state index >= 15 is 0 Å². The number of alkyl halides is 3. The second kappa shape index (κ2) is 10.6. The Balaban J connectivity index is 1.54. The lowest BCUT2D eigenvalue weighted by Crippen LogP contribution is -2.45. The number of nitrogens with one attached hydrogen (secondary N) is 1. The van der Waals surface area contributed by atoms with Gasteiger partial charge in [-0.15, -0.1) is 0 Å². The molecule has 1 aromatic carbocycles. The first-order valence-electron chi connectivity index (χ1n) is 11.9. The van der Waals surface area contributed by atoms with Crippen molar-refractivity contribution < 1.29 is 18.0 Å². The Morgan fingerprint density at radius 1 is 1.14 bits per heavy atom. The van der Waals surface area contributed by atoms with Gasteiger partial charge in [-0.3, -0.25) is 14.2 Å². The molecule has 9 heteroatoms. The van der Waals surface area contributed by atoms with Gasteiger partial charge in [0.15, 0.2) is 0 Å². The third-order valence-corrected chi connectivity index (χ3v) is 6.39. The van der Waals surface area contributed by atoms with Crippen molar-refractivity contribution in [3.05, 3.63) is 70.1 Å². The summed E-state index contributed by atoms with van der Waals surface area (Å²) in [5, 5.41) is 3.77. The highest BCUT2D eigenvalue weighted by Crippen LogP contribution is 2.30. The summed E-state index contributed by atoms with van der Waals surface area (Å²) < 4.78 is 41.2. The number of halogens is 3. The van der Waals surface area contributed by atoms with Gasteiger partial charge in [0.25, 0.3) is 5.56 Å². The molecule has 6 nitrogen and oxygen atoms in total. The highest BCUT2D eigenvalue weighted by Gasteiger charge is 2.31. The number of likely N-dealkylation sites (tertiary alicyclic amines) is 1. The van der Waals surface area contributed by atoms with Crippen LogP contribution in [0.2, 0.25) is 0 Å². The molecule has 1 amide bonds. The van der Waals surface area contributed by atoms with E-state index in [-0.39, 0.29) is 23.2 Å². The zero-order valence-corrected chi connectivity index (χ0v) is 19.6. The zero-order chi connectivity index (χ0) is 25.0. The van der Waals surface area contributed by atoms with Crippen LogP contribution in [0.1, 0.15) is 43.7 Å². The first-order chi connectivity index (χ1) is 16.8. The molecule has 0 saturated carbocycles. The Bertz CT molecular complexity index is 1250. The summed E-state index contributed by atoms with van der Waals surface area (Å²) in [6.07, 6.45) is 0.545. The number of benzene rings is 1. The van der Waals surface area contributed by atoms with Gasteiger partial charge in [0, 0.05) is 49.2 Å². The maximum absolute atomic E-state index is 13.4. The van der Waals surface area contributed by atoms with Gasteiger partial charge in [-0.2, -0.15) is 13.2 Å². The number of nitrogens with zero attached hydrogens (tertiary/aromatic N) is 3. The Kier molecular flexibility index (Phi) is 7.54. The van der Waals surface area contributed by atoms with Crippen LogP contribution in [0.5, 0.6) is 0 Å². The number of carbonyl (C=O) groups is 1. The largest absolute Gasteiger partial charge is 0.416 e. The molecular weight excluding hydrogens is 457 g/mol. The van der Waals surface area contributed by atoms with Crippen LogP contribution in [0.25, 0.3) is 16.7 Å². The summed E-state index contributed by atoms with van der Waals surface area (Å²) in [6, 6.07) is 10.3. The van der Waals surface area contributed by atoms with E-state index in [9.17, 15) is 22.8 Å². The van der Waals surface area contributed by atoms with Crippen LogP contribution in [0, 0.1) is 0 Å². The van der Waals surface area contributed by atoms with Crippen LogP contribution in [0.4, 0.5) is 13.2 Å². The lowest BCUT2D eigenvalue weighted by Gasteiger charge is -2.32. The molecular formula is C26H29F3N4O2. The lowest BCUT2D eigenvalue weighted by molar-refractivity contribution is -0.137. The standard InChI is InChI=1S/C26H29F3N4O2/c1-2-5-23(34)31-21-10-14-32(15-11-21)13-9-19-16-18-6-4-12-30-24(18)33(25(19)35)22-8-3-7-20(17-22)26(27,28)29/h3-4,6-8,12,16-17,21H,2,5,9-11,13-15H2,1H3,(H,31,34). The molecule has 1 saturated heterocycles. The topological polar surface area (TPSA) is 67.2 Å². The number of rotatable bonds is 7. The number of fused-ring (bicyclic) bond motifs is 1. The van der Waals surface area contributed by atoms with Crippen LogP contribution >= 0.6 is 0 Å². The average Bonchev–Trinajstić information content (AvgIpc) is 2.83. The molecule has 0 spiro atoms. The predicted octanol–water partition coefficient (Wildman–Crippen LogP) is 4.33. The maximum atomic E-state index is 13.4. The Morgan fingerprint density at radius 3 is 2.63 bits per heavy atom. The van der Waals surface area contributed by atoms with Gasteiger partial charge in [0.05, 0.1) is 11.3 Å². The molecule has 0 radical (unpaired) electrons. The van der Waals surface area contributed by atoms with Crippen LogP contribution in [-0.2, 0) is 17.4 Å². The number of amides is 1. The SMILES string of the molecule is CCCC(=O)NC1CCN(CCc2cc3cccnc3n(-c3cccc(C(F)(F)F)c3)c2=O)CC1. The molecule has 0 bridgehead atoms. The van der Waals surface area contributed by atoms with Gasteiger partial charge in [-0.25, -0.2) is 4.98 Å². The molecule has 4 rings (SSSR count). The van der Waals surface area contributed by atoms with Gasteiger partial charge in [-0.05, 0) is 62.1 Å². The molecule has 0 unspecified atom stereocenters. The van der Waals surface area contributed by atoms with Crippen molar-refractivity contribution in [3.63, 3.8) is 0 Å². The van der Waals surface area contributed by atoms with E-state index in [4.69, 9.17) is 0 Å². The van der Waals surface area contributed by atoms with E-state index < -0.39 is 11.7 Å². The van der Waals surface area contributed by atoms with Crippen LogP contribution < -0.4 is 10.9 Å². The highest BCUT2D eigenvalue weighted by atomic mass is 19.4. The molecule has 0 atom stereocenters. The molecule has 1 aliphatic rings. The summed E-state index contributed by atoms with van der Waals surface area (Å²) in [7, 11) is 0. The minimum Gasteiger partial charge on any atom is -0.353 e. The van der Waals surface area contributed by atoms with Crippen molar-refractivity contribution in [2.45, 2.75) is 51.2 Å². The van der Waals surface area contributed by atoms with Crippen LogP contribution in [-0.4, -0.2) is 46.0 Å². The number of hydrogen-bond donors (Lipinski definition) is 1. The second-order valence-electron chi connectivity index (χ2n) is 8.96. The van der Waals surface area contributed by atoms with Gasteiger partial charge in [0.1, 0.15) is 5.65 Å². The monoisotopic (exact) mass is 486 g/mol. The van der Waals surface area contributed by atoms with Crippen molar-refractivity contribution >= 4 is 16.9 Å². The van der Waals surface area contributed by atoms with Crippen LogP contribution in [0.3, 0.4) is 0 Å². The molecule has 186 valence electrons. The van der Waals surface area contributed by atoms with Crippen molar-refractivity contribution in [2.24, 2.45) is 0 Å². The number of carbonyl (C=O) groups excluding carboxylic acids is 1. The molecule has 1 aliphatic heterocycles. The quantitative estimate of drug-likeness (QED) is 0.540. The highest BCUT2D eigenvalue weighted by molar-refractivity contribution is 5.77. The molecule has 35 heavy (non-hydrogen) atoms. The number of pyridine rings is 2. The van der Waals surface area contributed by atoms with Crippen molar-refractivity contribution in [1.82, 2.24) is 19.8 Å². The Labute approximate surface area is 201 Å². The fourth-order valence-electron chi connectivity index (χ4n) is 4.54. The first-order valence-corrected chi connectivity index (χ1v) is 11.9. The van der Waals surface area contributed by atoms with E-state index in [1.54, 1.807) is 18.2 Å². The van der Waals surface area contributed by atoms with Crippen molar-refractivity contribution in [2.75, 3.05) is 19.6 Å². The van der Waals surface area contributed by atoms with Gasteiger partial charge in [-0.1, -0.05) is 13.0 Å². The average molecular weight is 487 g/mol. The number of piperidine rings is 1. The van der Waals surface area contributed by atoms with E-state index in [1.807, 2.05) is 6.92 Å². The molecule has 1 N–H and O–H groups in total. The minimum atomic E-state index is -4.51. The van der Waals surface area contributed by atoms with Gasteiger partial charge < -0.3 is 10.2 Å². The first kappa shape index (κ1) is 24.9. The summed E-state index contributed by atoms with van der Waals surface area (Å²) in [5.74, 6) is 0.0888. The van der Waals surface area contributed by atoms with Crippen molar-refractivity contribution in [1.29, 1.82) is 0 Å². The number of hydrogen-bond acceptors (Lipinski definition) is 4. The minimum absolute atomic E-state index is 0.0888. The van der Waals surface area contributed by atoms with E-state index in [1.165, 1.54) is 22.9 Å². The molecule has 3 heterocycles. The Hall–Kier alpha value is -3.20. The summed E-state index contributed by atoms with van der Waals surface area (Å²) in [4.78, 5) is 31.8. The molecule has 0 aliphatic carbocycles. The summed E-state index contributed by atoms with van der Waals surface area (Å²) in [5.41, 5.74) is -0.188. The summed E-state index contributed by atoms with van der Waals surface area (Å²) in [6.45, 7) is 4.26. The van der Waals surface area contributed by atoms with E-state index in [0.717, 1.165) is 44.5 Å². The fourth-order valence-corrected chi connectivity index (χ4v) is 4.54. The van der Waals surface area contributed by atoms with E-state index in [0.29, 0.717) is 36.0 Å². The number of aromatic nitrogens is 2. The molecule has 1 fully saturated rings. The predicted molar refractivity (Wildman–Crippen MR) is 129 cm³/mol. The van der Waals surface area contributed by atoms with Crippen molar-refractivity contribution in [3.8, 4) is 5.69 Å². The molecule has 2 aromatic heterocycles. The summed E-state index contributed by atoms with van der Waals surface area (Å²) >= 11 is 0. The third kappa shape index (κ3) is 5.90. The van der Waals surface area contributed by atoms with Gasteiger partial charge >= 0.3 is 6.18 Å². The normalized spacial score (nSPS) is 15.4. The zero-order valence-electron chi connectivity index (χ0n) is 19.6. The molecule has 3 aromatic rings. The lowest BCUT2D eigenvalue weighted by atomic mass is 10.0. The van der Waals surface area contributed by atoms with Gasteiger partial charge in [0.2, 0.25) is 5.91 Å². The Morgan fingerprint density at radius 2 is 1.91 bits per heavy atom. The van der Waals surface area contributed by atoms with E-state index in [2.05, 4.69) is 15.2 Å². The smallest absolute Gasteiger partial charge is 0.353 e. The third-order valence-electron chi connectivity index (χ3n) is 6.39. The fraction of sp³-hybridized carbons (Fsp3) is 0.423. The van der Waals surface area contributed by atoms with Crippen LogP contribution in [0.15, 0.2) is 53.5 Å².